The zero-order valence-corrected chi connectivity index (χ0v) is 20.2. The Morgan fingerprint density at radius 3 is 2.57 bits per heavy atom. The quantitative estimate of drug-likeness (QED) is 0.345. The molecule has 0 spiro atoms. The molecule has 0 bridgehead atoms. The molecule has 30 heavy (non-hydrogen) atoms. The zero-order valence-electron chi connectivity index (χ0n) is 17.8. The second kappa shape index (κ2) is 10.2. The van der Waals surface area contributed by atoms with E-state index >= 15 is 0 Å². The summed E-state index contributed by atoms with van der Waals surface area (Å²) in [5, 5.41) is 3.55. The van der Waals surface area contributed by atoms with Crippen molar-refractivity contribution < 1.29 is 9.53 Å². The zero-order chi connectivity index (χ0) is 21.7. The van der Waals surface area contributed by atoms with Crippen molar-refractivity contribution in [1.29, 1.82) is 0 Å². The first-order chi connectivity index (χ1) is 14.3. The van der Waals surface area contributed by atoms with Crippen molar-refractivity contribution in [3.05, 3.63) is 62.9 Å². The summed E-state index contributed by atoms with van der Waals surface area (Å²) >= 11 is 4.94. The maximum absolute atomic E-state index is 12.3. The highest BCUT2D eigenvalue weighted by Gasteiger charge is 2.12. The Labute approximate surface area is 190 Å². The number of aryl methyl sites for hydroxylation is 2. The summed E-state index contributed by atoms with van der Waals surface area (Å²) in [4.78, 5) is 18.0. The Morgan fingerprint density at radius 1 is 1.17 bits per heavy atom. The van der Waals surface area contributed by atoms with Gasteiger partial charge in [-0.25, -0.2) is 4.98 Å². The number of benzene rings is 2. The van der Waals surface area contributed by atoms with Crippen LogP contribution in [0.25, 0.3) is 11.3 Å². The van der Waals surface area contributed by atoms with Gasteiger partial charge in [-0.05, 0) is 61.6 Å². The first-order valence-corrected chi connectivity index (χ1v) is 11.7. The van der Waals surface area contributed by atoms with Crippen molar-refractivity contribution in [2.45, 2.75) is 46.5 Å². The average molecular weight is 487 g/mol. The predicted octanol–water partition coefficient (Wildman–Crippen LogP) is 7.11. The summed E-state index contributed by atoms with van der Waals surface area (Å²) in [7, 11) is 0. The number of rotatable bonds is 8. The molecule has 1 N–H and O–H groups in total. The third kappa shape index (κ3) is 5.92. The Balaban J connectivity index is 1.48. The van der Waals surface area contributed by atoms with E-state index in [1.165, 1.54) is 22.5 Å². The summed E-state index contributed by atoms with van der Waals surface area (Å²) in [6.45, 7) is 9.01. The number of hydrogen-bond acceptors (Lipinski definition) is 4. The fourth-order valence-corrected chi connectivity index (χ4v) is 4.43. The summed E-state index contributed by atoms with van der Waals surface area (Å²) in [5.74, 6) is 1.31. The maximum atomic E-state index is 12.3. The smallest absolute Gasteiger partial charge is 0.226 e. The van der Waals surface area contributed by atoms with Gasteiger partial charge in [0.2, 0.25) is 5.91 Å². The fourth-order valence-electron chi connectivity index (χ4n) is 3.32. The molecule has 3 aromatic rings. The molecule has 158 valence electrons. The molecule has 2 aromatic carbocycles. The van der Waals surface area contributed by atoms with E-state index in [0.717, 1.165) is 26.4 Å². The van der Waals surface area contributed by atoms with Crippen LogP contribution in [0.1, 0.15) is 48.6 Å². The van der Waals surface area contributed by atoms with Crippen LogP contribution in [-0.2, 0) is 4.79 Å². The summed E-state index contributed by atoms with van der Waals surface area (Å²) in [5.41, 5.74) is 4.52. The molecule has 0 aliphatic carbocycles. The van der Waals surface area contributed by atoms with Crippen LogP contribution in [0.4, 0.5) is 5.13 Å². The van der Waals surface area contributed by atoms with E-state index in [-0.39, 0.29) is 5.91 Å². The molecule has 0 radical (unpaired) electrons. The number of anilines is 1. The van der Waals surface area contributed by atoms with Crippen molar-refractivity contribution in [1.82, 2.24) is 4.98 Å². The third-order valence-corrected chi connectivity index (χ3v) is 6.26. The van der Waals surface area contributed by atoms with Crippen molar-refractivity contribution in [2.75, 3.05) is 11.9 Å². The normalized spacial score (nSPS) is 11.0. The Hall–Kier alpha value is -2.18. The largest absolute Gasteiger partial charge is 0.494 e. The van der Waals surface area contributed by atoms with Gasteiger partial charge in [-0.15, -0.1) is 11.3 Å². The van der Waals surface area contributed by atoms with Crippen LogP contribution in [0.3, 0.4) is 0 Å². The lowest BCUT2D eigenvalue weighted by atomic mass is 9.98. The van der Waals surface area contributed by atoms with E-state index in [2.05, 4.69) is 59.1 Å². The minimum atomic E-state index is -0.0407. The highest BCUT2D eigenvalue weighted by molar-refractivity contribution is 9.10. The summed E-state index contributed by atoms with van der Waals surface area (Å²) in [6.07, 6.45) is 1.05. The monoisotopic (exact) mass is 486 g/mol. The number of ether oxygens (including phenoxy) is 1. The van der Waals surface area contributed by atoms with Crippen LogP contribution < -0.4 is 10.1 Å². The highest BCUT2D eigenvalue weighted by Crippen LogP contribution is 2.31. The molecule has 1 heterocycles. The van der Waals surface area contributed by atoms with Crippen molar-refractivity contribution in [3.8, 4) is 17.0 Å². The van der Waals surface area contributed by atoms with E-state index < -0.39 is 0 Å². The Bertz CT molecular complexity index is 1010. The van der Waals surface area contributed by atoms with Crippen LogP contribution in [0.5, 0.6) is 5.75 Å². The molecule has 1 amide bonds. The summed E-state index contributed by atoms with van der Waals surface area (Å²) < 4.78 is 6.84. The molecule has 0 saturated heterocycles. The number of carbonyl (C=O) groups excluding carboxylic acids is 1. The van der Waals surface area contributed by atoms with Gasteiger partial charge in [0.1, 0.15) is 5.75 Å². The molecule has 0 aliphatic heterocycles. The number of halogens is 1. The van der Waals surface area contributed by atoms with Crippen LogP contribution >= 0.6 is 27.3 Å². The average Bonchev–Trinajstić information content (AvgIpc) is 3.05. The van der Waals surface area contributed by atoms with Gasteiger partial charge >= 0.3 is 0 Å². The van der Waals surface area contributed by atoms with Gasteiger partial charge in [0.15, 0.2) is 5.13 Å². The van der Waals surface area contributed by atoms with Crippen LogP contribution in [0.15, 0.2) is 46.9 Å². The summed E-state index contributed by atoms with van der Waals surface area (Å²) in [6, 6.07) is 14.2. The number of amides is 1. The predicted molar refractivity (Wildman–Crippen MR) is 129 cm³/mol. The standard InChI is InChI=1S/C24H27BrN2O2S/c1-15(2)21-12-11-20(14-16(21)3)29-13-5-6-22(28)26-24-27-23(17(4)30-24)18-7-9-19(25)10-8-18/h7-12,14-15H,5-6,13H2,1-4H3,(H,26,27,28). The van der Waals surface area contributed by atoms with E-state index in [1.807, 2.05) is 37.3 Å². The second-order valence-corrected chi connectivity index (χ2v) is 9.72. The van der Waals surface area contributed by atoms with Gasteiger partial charge in [-0.3, -0.25) is 4.79 Å². The lowest BCUT2D eigenvalue weighted by Gasteiger charge is -2.12. The first-order valence-electron chi connectivity index (χ1n) is 10.1. The van der Waals surface area contributed by atoms with E-state index in [9.17, 15) is 4.79 Å². The lowest BCUT2D eigenvalue weighted by Crippen LogP contribution is -2.12. The van der Waals surface area contributed by atoms with Crippen LogP contribution in [0.2, 0.25) is 0 Å². The van der Waals surface area contributed by atoms with Gasteiger partial charge in [0, 0.05) is 21.3 Å². The minimum absolute atomic E-state index is 0.0407. The molecule has 0 saturated carbocycles. The first kappa shape index (κ1) is 22.5. The Kier molecular flexibility index (Phi) is 7.67. The molecule has 1 aromatic heterocycles. The molecule has 3 rings (SSSR count). The van der Waals surface area contributed by atoms with Gasteiger partial charge in [0.05, 0.1) is 12.3 Å². The number of nitrogens with one attached hydrogen (secondary N) is 1. The molecule has 0 fully saturated rings. The van der Waals surface area contributed by atoms with Gasteiger partial charge in [-0.2, -0.15) is 0 Å². The molecule has 0 atom stereocenters. The molecular weight excluding hydrogens is 460 g/mol. The number of aromatic nitrogens is 1. The van der Waals surface area contributed by atoms with E-state index in [0.29, 0.717) is 30.5 Å². The Morgan fingerprint density at radius 2 is 1.90 bits per heavy atom. The van der Waals surface area contributed by atoms with Crippen LogP contribution in [0, 0.1) is 13.8 Å². The molecule has 0 aliphatic rings. The third-order valence-electron chi connectivity index (χ3n) is 4.84. The molecule has 4 nitrogen and oxygen atoms in total. The fraction of sp³-hybridized carbons (Fsp3) is 0.333. The van der Waals surface area contributed by atoms with E-state index in [1.54, 1.807) is 0 Å². The number of hydrogen-bond donors (Lipinski definition) is 1. The second-order valence-electron chi connectivity index (χ2n) is 7.60. The SMILES string of the molecule is Cc1cc(OCCCC(=O)Nc2nc(-c3ccc(Br)cc3)c(C)s2)ccc1C(C)C. The minimum Gasteiger partial charge on any atom is -0.494 e. The van der Waals surface area contributed by atoms with Crippen LogP contribution in [-0.4, -0.2) is 17.5 Å². The molecule has 6 heteroatoms. The molecule has 0 unspecified atom stereocenters. The van der Waals surface area contributed by atoms with Crippen molar-refractivity contribution in [2.24, 2.45) is 0 Å². The topological polar surface area (TPSA) is 51.2 Å². The highest BCUT2D eigenvalue weighted by atomic mass is 79.9. The van der Waals surface area contributed by atoms with E-state index in [4.69, 9.17) is 4.74 Å². The van der Waals surface area contributed by atoms with Gasteiger partial charge in [-0.1, -0.05) is 48.0 Å². The van der Waals surface area contributed by atoms with Crippen molar-refractivity contribution >= 4 is 38.3 Å². The van der Waals surface area contributed by atoms with Gasteiger partial charge in [0.25, 0.3) is 0 Å². The molecular formula is C24H27BrN2O2S. The maximum Gasteiger partial charge on any atom is 0.226 e. The number of carbonyl (C=O) groups is 1. The lowest BCUT2D eigenvalue weighted by molar-refractivity contribution is -0.116. The number of thiazole rings is 1. The van der Waals surface area contributed by atoms with Crippen molar-refractivity contribution in [3.63, 3.8) is 0 Å². The number of nitrogens with zero attached hydrogens (tertiary/aromatic N) is 1. The van der Waals surface area contributed by atoms with Gasteiger partial charge < -0.3 is 10.1 Å².